The third-order valence-corrected chi connectivity index (χ3v) is 5.49. The highest BCUT2D eigenvalue weighted by molar-refractivity contribution is 14.1. The summed E-state index contributed by atoms with van der Waals surface area (Å²) < 4.78 is 6.87. The predicted molar refractivity (Wildman–Crippen MR) is 91.5 cm³/mol. The van der Waals surface area contributed by atoms with Gasteiger partial charge in [0, 0.05) is 28.8 Å². The summed E-state index contributed by atoms with van der Waals surface area (Å²) in [5.41, 5.74) is 2.03. The Balaban J connectivity index is 1.73. The average Bonchev–Trinajstić information content (AvgIpc) is 3.14. The monoisotopic (exact) mass is 399 g/mol. The maximum Gasteiger partial charge on any atom is 0.253 e. The second kappa shape index (κ2) is 6.65. The Hall–Kier alpha value is -0.620. The molecule has 3 nitrogen and oxygen atoms in total. The van der Waals surface area contributed by atoms with Crippen molar-refractivity contribution in [3.8, 4) is 0 Å². The molecule has 1 aromatic rings. The van der Waals surface area contributed by atoms with Crippen molar-refractivity contribution in [3.05, 3.63) is 32.9 Å². The van der Waals surface area contributed by atoms with E-state index in [0.29, 0.717) is 5.92 Å². The van der Waals surface area contributed by atoms with Crippen LogP contribution in [0.3, 0.4) is 0 Å². The topological polar surface area (TPSA) is 29.5 Å². The third kappa shape index (κ3) is 3.97. The highest BCUT2D eigenvalue weighted by Gasteiger charge is 2.30. The van der Waals surface area contributed by atoms with Gasteiger partial charge in [-0.1, -0.05) is 6.07 Å². The molecule has 1 atom stereocenters. The average molecular weight is 399 g/mol. The van der Waals surface area contributed by atoms with Crippen molar-refractivity contribution in [1.29, 1.82) is 0 Å². The smallest absolute Gasteiger partial charge is 0.253 e. The number of amides is 1. The van der Waals surface area contributed by atoms with E-state index in [1.54, 1.807) is 0 Å². The SMILES string of the molecule is Cc1ccc(C(=O)N(CC2CC2)CC2CCCO2)cc1I. The Morgan fingerprint density at radius 3 is 2.76 bits per heavy atom. The molecule has 1 unspecified atom stereocenters. The van der Waals surface area contributed by atoms with Crippen LogP contribution in [0.2, 0.25) is 0 Å². The Morgan fingerprint density at radius 1 is 1.33 bits per heavy atom. The van der Waals surface area contributed by atoms with Crippen molar-refractivity contribution in [2.45, 2.75) is 38.7 Å². The molecular formula is C17H22INO2. The molecule has 0 radical (unpaired) electrons. The van der Waals surface area contributed by atoms with Crippen molar-refractivity contribution in [2.75, 3.05) is 19.7 Å². The van der Waals surface area contributed by atoms with Crippen LogP contribution in [-0.4, -0.2) is 36.6 Å². The van der Waals surface area contributed by atoms with Gasteiger partial charge in [0.25, 0.3) is 5.91 Å². The minimum atomic E-state index is 0.162. The number of benzene rings is 1. The van der Waals surface area contributed by atoms with E-state index in [2.05, 4.69) is 29.5 Å². The molecule has 2 aliphatic rings. The van der Waals surface area contributed by atoms with Gasteiger partial charge in [-0.25, -0.2) is 0 Å². The van der Waals surface area contributed by atoms with Gasteiger partial charge in [0.15, 0.2) is 0 Å². The quantitative estimate of drug-likeness (QED) is 0.708. The first kappa shape index (κ1) is 15.3. The minimum Gasteiger partial charge on any atom is -0.376 e. The highest BCUT2D eigenvalue weighted by Crippen LogP contribution is 2.31. The standard InChI is InChI=1S/C17H22INO2/c1-12-4-7-14(9-16(12)18)17(20)19(10-13-5-6-13)11-15-3-2-8-21-15/h4,7,9,13,15H,2-3,5-6,8,10-11H2,1H3. The van der Waals surface area contributed by atoms with E-state index in [1.165, 1.54) is 18.4 Å². The fourth-order valence-electron chi connectivity index (χ4n) is 2.80. The molecule has 0 aromatic heterocycles. The molecule has 0 spiro atoms. The lowest BCUT2D eigenvalue weighted by Gasteiger charge is -2.25. The lowest BCUT2D eigenvalue weighted by Crippen LogP contribution is -2.38. The highest BCUT2D eigenvalue weighted by atomic mass is 127. The van der Waals surface area contributed by atoms with Crippen molar-refractivity contribution >= 4 is 28.5 Å². The maximum atomic E-state index is 12.8. The van der Waals surface area contributed by atoms with Gasteiger partial charge < -0.3 is 9.64 Å². The number of halogens is 1. The number of hydrogen-bond donors (Lipinski definition) is 0. The van der Waals surface area contributed by atoms with Gasteiger partial charge in [0.05, 0.1) is 6.10 Å². The van der Waals surface area contributed by atoms with E-state index in [1.807, 2.05) is 23.1 Å². The molecule has 3 rings (SSSR count). The van der Waals surface area contributed by atoms with Crippen LogP contribution in [0.15, 0.2) is 18.2 Å². The molecule has 1 aromatic carbocycles. The molecular weight excluding hydrogens is 377 g/mol. The number of hydrogen-bond acceptors (Lipinski definition) is 2. The Kier molecular flexibility index (Phi) is 4.84. The van der Waals surface area contributed by atoms with Crippen LogP contribution in [0.25, 0.3) is 0 Å². The molecule has 1 aliphatic carbocycles. The van der Waals surface area contributed by atoms with Crippen LogP contribution in [0, 0.1) is 16.4 Å². The van der Waals surface area contributed by atoms with E-state index < -0.39 is 0 Å². The molecule has 1 aliphatic heterocycles. The molecule has 114 valence electrons. The Morgan fingerprint density at radius 2 is 2.14 bits per heavy atom. The first-order valence-electron chi connectivity index (χ1n) is 7.80. The first-order chi connectivity index (χ1) is 10.1. The van der Waals surface area contributed by atoms with Crippen LogP contribution in [0.4, 0.5) is 0 Å². The van der Waals surface area contributed by atoms with Gasteiger partial charge in [-0.15, -0.1) is 0 Å². The molecule has 1 saturated heterocycles. The van der Waals surface area contributed by atoms with E-state index in [0.717, 1.165) is 41.7 Å². The van der Waals surface area contributed by atoms with Gasteiger partial charge in [0.2, 0.25) is 0 Å². The Labute approximate surface area is 140 Å². The first-order valence-corrected chi connectivity index (χ1v) is 8.88. The van der Waals surface area contributed by atoms with Crippen LogP contribution in [0.1, 0.15) is 41.6 Å². The van der Waals surface area contributed by atoms with Gasteiger partial charge in [0.1, 0.15) is 0 Å². The van der Waals surface area contributed by atoms with Gasteiger partial charge in [-0.05, 0) is 78.8 Å². The van der Waals surface area contributed by atoms with Crippen LogP contribution < -0.4 is 0 Å². The summed E-state index contributed by atoms with van der Waals surface area (Å²) in [6, 6.07) is 6.00. The summed E-state index contributed by atoms with van der Waals surface area (Å²) >= 11 is 2.30. The number of carbonyl (C=O) groups excluding carboxylic acids is 1. The van der Waals surface area contributed by atoms with Crippen molar-refractivity contribution in [2.24, 2.45) is 5.92 Å². The second-order valence-electron chi connectivity index (χ2n) is 6.25. The summed E-state index contributed by atoms with van der Waals surface area (Å²) in [5.74, 6) is 0.871. The van der Waals surface area contributed by atoms with E-state index in [-0.39, 0.29) is 12.0 Å². The van der Waals surface area contributed by atoms with E-state index in [9.17, 15) is 4.79 Å². The summed E-state index contributed by atoms with van der Waals surface area (Å²) in [7, 11) is 0. The summed E-state index contributed by atoms with van der Waals surface area (Å²) in [4.78, 5) is 14.8. The maximum absolute atomic E-state index is 12.8. The van der Waals surface area contributed by atoms with Crippen molar-refractivity contribution < 1.29 is 9.53 Å². The largest absolute Gasteiger partial charge is 0.376 e. The predicted octanol–water partition coefficient (Wildman–Crippen LogP) is 3.63. The molecule has 21 heavy (non-hydrogen) atoms. The fourth-order valence-corrected chi connectivity index (χ4v) is 3.31. The summed E-state index contributed by atoms with van der Waals surface area (Å²) in [6.07, 6.45) is 4.97. The normalized spacial score (nSPS) is 21.5. The lowest BCUT2D eigenvalue weighted by atomic mass is 10.1. The zero-order valence-corrected chi connectivity index (χ0v) is 14.6. The van der Waals surface area contributed by atoms with E-state index in [4.69, 9.17) is 4.74 Å². The molecule has 1 amide bonds. The molecule has 4 heteroatoms. The zero-order chi connectivity index (χ0) is 14.8. The van der Waals surface area contributed by atoms with Gasteiger partial charge >= 0.3 is 0 Å². The summed E-state index contributed by atoms with van der Waals surface area (Å²) in [6.45, 7) is 4.56. The van der Waals surface area contributed by atoms with Crippen LogP contribution in [0.5, 0.6) is 0 Å². The van der Waals surface area contributed by atoms with Gasteiger partial charge in [-0.3, -0.25) is 4.79 Å². The molecule has 2 fully saturated rings. The van der Waals surface area contributed by atoms with E-state index >= 15 is 0 Å². The second-order valence-corrected chi connectivity index (χ2v) is 7.41. The molecule has 1 saturated carbocycles. The van der Waals surface area contributed by atoms with Crippen LogP contribution >= 0.6 is 22.6 Å². The van der Waals surface area contributed by atoms with Crippen LogP contribution in [-0.2, 0) is 4.74 Å². The Bertz CT molecular complexity index is 522. The molecule has 0 N–H and O–H groups in total. The number of nitrogens with zero attached hydrogens (tertiary/aromatic N) is 1. The number of carbonyl (C=O) groups is 1. The fraction of sp³-hybridized carbons (Fsp3) is 0.588. The third-order valence-electron chi connectivity index (χ3n) is 4.33. The van der Waals surface area contributed by atoms with Crippen molar-refractivity contribution in [1.82, 2.24) is 4.90 Å². The van der Waals surface area contributed by atoms with Crippen molar-refractivity contribution in [3.63, 3.8) is 0 Å². The summed E-state index contributed by atoms with van der Waals surface area (Å²) in [5, 5.41) is 0. The molecule has 1 heterocycles. The molecule has 0 bridgehead atoms. The van der Waals surface area contributed by atoms with Gasteiger partial charge in [-0.2, -0.15) is 0 Å². The number of rotatable bonds is 5. The number of ether oxygens (including phenoxy) is 1. The lowest BCUT2D eigenvalue weighted by molar-refractivity contribution is 0.0515. The number of aryl methyl sites for hydroxylation is 1. The minimum absolute atomic E-state index is 0.162. The zero-order valence-electron chi connectivity index (χ0n) is 12.5.